The van der Waals surface area contributed by atoms with Crippen LogP contribution in [0.15, 0.2) is 24.3 Å². The number of aromatic hydroxyl groups is 1. The monoisotopic (exact) mass is 456 g/mol. The number of hydrogen-bond donors (Lipinski definition) is 5. The molecule has 1 aliphatic carbocycles. The van der Waals surface area contributed by atoms with Crippen molar-refractivity contribution in [2.75, 3.05) is 5.73 Å². The lowest BCUT2D eigenvalue weighted by Crippen LogP contribution is -2.41. The number of rotatable bonds is 10. The van der Waals surface area contributed by atoms with Gasteiger partial charge in [-0.05, 0) is 68.6 Å². The smallest absolute Gasteiger partial charge is 0.326 e. The number of aryl methyl sites for hydroxylation is 2. The molecule has 0 bridgehead atoms. The van der Waals surface area contributed by atoms with Crippen LogP contribution in [0.4, 0.5) is 5.95 Å². The van der Waals surface area contributed by atoms with Gasteiger partial charge in [0.2, 0.25) is 11.8 Å². The fraction of sp³-hybridized carbons (Fsp3) is 0.435. The minimum Gasteiger partial charge on any atom is -0.493 e. The molecule has 6 N–H and O–H groups in total. The van der Waals surface area contributed by atoms with Gasteiger partial charge in [0, 0.05) is 17.5 Å². The number of fused-ring (bicyclic) bond motifs is 1. The lowest BCUT2D eigenvalue weighted by atomic mass is 9.83. The largest absolute Gasteiger partial charge is 0.493 e. The number of hydrogen-bond acceptors (Lipinski definition) is 7. The first-order chi connectivity index (χ1) is 15.7. The van der Waals surface area contributed by atoms with E-state index in [1.165, 1.54) is 0 Å². The van der Waals surface area contributed by atoms with Crippen LogP contribution in [0.3, 0.4) is 0 Å². The van der Waals surface area contributed by atoms with Crippen molar-refractivity contribution < 1.29 is 29.7 Å². The van der Waals surface area contributed by atoms with Crippen LogP contribution in [0, 0.1) is 5.92 Å². The Morgan fingerprint density at radius 3 is 2.55 bits per heavy atom. The molecule has 176 valence electrons. The van der Waals surface area contributed by atoms with E-state index in [1.807, 2.05) is 12.1 Å². The highest BCUT2D eigenvalue weighted by atomic mass is 16.4. The van der Waals surface area contributed by atoms with Crippen molar-refractivity contribution >= 4 is 23.8 Å². The molecule has 1 aliphatic rings. The van der Waals surface area contributed by atoms with Crippen molar-refractivity contribution in [3.8, 4) is 5.88 Å². The first-order valence-corrected chi connectivity index (χ1v) is 10.9. The van der Waals surface area contributed by atoms with Gasteiger partial charge >= 0.3 is 11.9 Å². The van der Waals surface area contributed by atoms with Crippen LogP contribution in [0.5, 0.6) is 5.88 Å². The van der Waals surface area contributed by atoms with Crippen LogP contribution in [-0.2, 0) is 28.9 Å². The summed E-state index contributed by atoms with van der Waals surface area (Å²) in [6, 6.07) is 5.69. The second kappa shape index (κ2) is 10.8. The molecule has 33 heavy (non-hydrogen) atoms. The number of benzene rings is 1. The third kappa shape index (κ3) is 6.64. The summed E-state index contributed by atoms with van der Waals surface area (Å²) in [5.41, 5.74) is 8.60. The van der Waals surface area contributed by atoms with Crippen molar-refractivity contribution in [3.63, 3.8) is 0 Å². The predicted octanol–water partition coefficient (Wildman–Crippen LogP) is 1.94. The Kier molecular flexibility index (Phi) is 7.81. The van der Waals surface area contributed by atoms with Crippen LogP contribution >= 0.6 is 0 Å². The highest BCUT2D eigenvalue weighted by molar-refractivity contribution is 5.96. The fourth-order valence-corrected chi connectivity index (χ4v) is 4.11. The van der Waals surface area contributed by atoms with Crippen LogP contribution in [0.2, 0.25) is 0 Å². The van der Waals surface area contributed by atoms with Crippen LogP contribution < -0.4 is 11.1 Å². The van der Waals surface area contributed by atoms with Crippen molar-refractivity contribution in [1.82, 2.24) is 15.3 Å². The molecular formula is C23H28N4O6. The number of carboxylic acid groups (broad SMARTS) is 2. The molecule has 1 amide bonds. The highest BCUT2D eigenvalue weighted by Crippen LogP contribution is 2.32. The summed E-state index contributed by atoms with van der Waals surface area (Å²) in [4.78, 5) is 42.3. The molecule has 1 unspecified atom stereocenters. The number of carbonyl (C=O) groups is 3. The summed E-state index contributed by atoms with van der Waals surface area (Å²) < 4.78 is 0. The van der Waals surface area contributed by atoms with E-state index in [1.54, 1.807) is 12.1 Å². The molecule has 0 fully saturated rings. The minimum atomic E-state index is -1.27. The topological polar surface area (TPSA) is 176 Å². The van der Waals surface area contributed by atoms with Crippen LogP contribution in [0.25, 0.3) is 0 Å². The van der Waals surface area contributed by atoms with Gasteiger partial charge in [0.1, 0.15) is 6.04 Å². The number of anilines is 1. The number of aromatic nitrogens is 2. The Morgan fingerprint density at radius 2 is 1.88 bits per heavy atom. The molecule has 10 nitrogen and oxygen atoms in total. The van der Waals surface area contributed by atoms with Crippen molar-refractivity contribution in [2.24, 2.45) is 5.92 Å². The lowest BCUT2D eigenvalue weighted by Gasteiger charge is -2.24. The van der Waals surface area contributed by atoms with E-state index in [4.69, 9.17) is 10.8 Å². The SMILES string of the molecule is Nc1nc(O)c2c(n1)CCC(CCCc1ccc(C(=O)N[C@@H](CCC(=O)O)C(=O)O)cc1)C2. The normalized spacial score (nSPS) is 15.9. The minimum absolute atomic E-state index is 0.0239. The third-order valence-corrected chi connectivity index (χ3v) is 5.91. The molecule has 0 saturated carbocycles. The number of aliphatic carboxylic acids is 2. The highest BCUT2D eigenvalue weighted by Gasteiger charge is 2.24. The summed E-state index contributed by atoms with van der Waals surface area (Å²) >= 11 is 0. The fourth-order valence-electron chi connectivity index (χ4n) is 4.11. The summed E-state index contributed by atoms with van der Waals surface area (Å²) in [6.07, 6.45) is 4.70. The molecule has 10 heteroatoms. The molecule has 0 radical (unpaired) electrons. The zero-order valence-corrected chi connectivity index (χ0v) is 18.2. The van der Waals surface area contributed by atoms with Gasteiger partial charge in [-0.3, -0.25) is 9.59 Å². The van der Waals surface area contributed by atoms with Gasteiger partial charge in [0.05, 0.1) is 5.69 Å². The van der Waals surface area contributed by atoms with Gasteiger partial charge in [-0.1, -0.05) is 12.1 Å². The summed E-state index contributed by atoms with van der Waals surface area (Å²) in [5.74, 6) is -2.44. The van der Waals surface area contributed by atoms with E-state index in [-0.39, 0.29) is 24.7 Å². The molecule has 1 aromatic heterocycles. The second-order valence-corrected chi connectivity index (χ2v) is 8.33. The van der Waals surface area contributed by atoms with Gasteiger partial charge in [0.25, 0.3) is 5.91 Å². The number of nitrogens with zero attached hydrogens (tertiary/aromatic N) is 2. The lowest BCUT2D eigenvalue weighted by molar-refractivity contribution is -0.140. The zero-order chi connectivity index (χ0) is 24.0. The van der Waals surface area contributed by atoms with E-state index >= 15 is 0 Å². The standard InChI is InChI=1S/C23H28N4O6/c24-23-26-17-9-6-14(12-16(17)21(31)27-23)3-1-2-13-4-7-15(8-5-13)20(30)25-18(22(32)33)10-11-19(28)29/h4-5,7-8,14,18H,1-3,6,9-12H2,(H,25,30)(H,28,29)(H,32,33)(H3,24,26,27,31)/t14?,18-/m0/s1. The van der Waals surface area contributed by atoms with E-state index in [0.29, 0.717) is 11.5 Å². The van der Waals surface area contributed by atoms with Gasteiger partial charge in [-0.25, -0.2) is 9.78 Å². The number of nitrogens with two attached hydrogens (primary N) is 1. The number of nitrogens with one attached hydrogen (secondary N) is 1. The molecule has 0 aliphatic heterocycles. The number of carboxylic acids is 2. The Balaban J connectivity index is 1.48. The average Bonchev–Trinajstić information content (AvgIpc) is 2.77. The predicted molar refractivity (Wildman–Crippen MR) is 119 cm³/mol. The van der Waals surface area contributed by atoms with Gasteiger partial charge in [-0.2, -0.15) is 4.98 Å². The average molecular weight is 456 g/mol. The van der Waals surface area contributed by atoms with Crippen molar-refractivity contribution in [2.45, 2.75) is 57.4 Å². The molecule has 0 saturated heterocycles. The summed E-state index contributed by atoms with van der Waals surface area (Å²) in [6.45, 7) is 0. The maximum absolute atomic E-state index is 12.3. The van der Waals surface area contributed by atoms with Gasteiger partial charge in [-0.15, -0.1) is 0 Å². The molecule has 3 rings (SSSR count). The number of nitrogen functional groups attached to an aromatic ring is 1. The Bertz CT molecular complexity index is 1020. The Hall–Kier alpha value is -3.69. The summed E-state index contributed by atoms with van der Waals surface area (Å²) in [5, 5.41) is 30.3. The van der Waals surface area contributed by atoms with E-state index in [9.17, 15) is 24.6 Å². The Labute approximate surface area is 190 Å². The van der Waals surface area contributed by atoms with Crippen LogP contribution in [-0.4, -0.2) is 49.2 Å². The number of carbonyl (C=O) groups excluding carboxylic acids is 1. The molecular weight excluding hydrogens is 428 g/mol. The van der Waals surface area contributed by atoms with Crippen LogP contribution in [0.1, 0.15) is 59.3 Å². The molecule has 2 aromatic rings. The molecule has 0 spiro atoms. The first kappa shape index (κ1) is 24.0. The molecule has 1 heterocycles. The van der Waals surface area contributed by atoms with E-state index in [0.717, 1.165) is 55.3 Å². The first-order valence-electron chi connectivity index (χ1n) is 10.9. The quantitative estimate of drug-likeness (QED) is 0.357. The van der Waals surface area contributed by atoms with Gasteiger partial charge in [0.15, 0.2) is 0 Å². The van der Waals surface area contributed by atoms with Crippen molar-refractivity contribution in [1.29, 1.82) is 0 Å². The van der Waals surface area contributed by atoms with Crippen molar-refractivity contribution in [3.05, 3.63) is 46.6 Å². The van der Waals surface area contributed by atoms with E-state index in [2.05, 4.69) is 15.3 Å². The second-order valence-electron chi connectivity index (χ2n) is 8.33. The van der Waals surface area contributed by atoms with Gasteiger partial charge < -0.3 is 26.4 Å². The maximum Gasteiger partial charge on any atom is 0.326 e. The third-order valence-electron chi connectivity index (χ3n) is 5.91. The number of amides is 1. The molecule has 2 atom stereocenters. The maximum atomic E-state index is 12.3. The Morgan fingerprint density at radius 1 is 1.15 bits per heavy atom. The zero-order valence-electron chi connectivity index (χ0n) is 18.2. The van der Waals surface area contributed by atoms with E-state index < -0.39 is 23.9 Å². The summed E-state index contributed by atoms with van der Waals surface area (Å²) in [7, 11) is 0. The molecule has 1 aromatic carbocycles.